The van der Waals surface area contributed by atoms with Gasteiger partial charge in [-0.3, -0.25) is 9.59 Å². The molecule has 5 nitrogen and oxygen atoms in total. The molecule has 8 heteroatoms. The van der Waals surface area contributed by atoms with Gasteiger partial charge in [-0.1, -0.05) is 35.9 Å². The van der Waals surface area contributed by atoms with E-state index in [1.807, 2.05) is 37.3 Å². The maximum atomic E-state index is 12.9. The number of rotatable bonds is 4. The lowest BCUT2D eigenvalue weighted by molar-refractivity contribution is -0.133. The van der Waals surface area contributed by atoms with Crippen LogP contribution >= 0.6 is 34.9 Å². The zero-order chi connectivity index (χ0) is 20.4. The second-order valence-corrected chi connectivity index (χ2v) is 9.44. The molecule has 2 amide bonds. The Labute approximate surface area is 182 Å². The Hall–Kier alpha value is -2.29. The first-order valence-corrected chi connectivity index (χ1v) is 11.6. The Balaban J connectivity index is 1.42. The molecular formula is C21H21N3O2S3. The first kappa shape index (κ1) is 20.0. The van der Waals surface area contributed by atoms with E-state index in [4.69, 9.17) is 12.2 Å². The average Bonchev–Trinajstić information content (AvgIpc) is 3.39. The summed E-state index contributed by atoms with van der Waals surface area (Å²) in [6, 6.07) is 12.0. The van der Waals surface area contributed by atoms with Crippen molar-refractivity contribution in [1.82, 2.24) is 14.4 Å². The number of aryl methyl sites for hydroxylation is 1. The van der Waals surface area contributed by atoms with Crippen LogP contribution < -0.4 is 0 Å². The molecule has 0 N–H and O–H groups in total. The number of hydrogen-bond acceptors (Lipinski definition) is 5. The van der Waals surface area contributed by atoms with Gasteiger partial charge in [0.2, 0.25) is 5.91 Å². The Kier molecular flexibility index (Phi) is 5.94. The summed E-state index contributed by atoms with van der Waals surface area (Å²) < 4.78 is 2.61. The van der Waals surface area contributed by atoms with E-state index in [1.165, 1.54) is 28.2 Å². The third-order valence-electron chi connectivity index (χ3n) is 5.07. The van der Waals surface area contributed by atoms with Crippen LogP contribution in [0.25, 0.3) is 11.3 Å². The summed E-state index contributed by atoms with van der Waals surface area (Å²) in [6.45, 7) is 4.49. The lowest BCUT2D eigenvalue weighted by Gasteiger charge is -2.34. The molecular weight excluding hydrogens is 422 g/mol. The molecule has 0 radical (unpaired) electrons. The smallest absolute Gasteiger partial charge is 0.264 e. The number of aromatic nitrogens is 1. The van der Waals surface area contributed by atoms with E-state index in [0.29, 0.717) is 30.1 Å². The van der Waals surface area contributed by atoms with Gasteiger partial charge in [0.05, 0.1) is 10.6 Å². The predicted molar refractivity (Wildman–Crippen MR) is 120 cm³/mol. The maximum absolute atomic E-state index is 12.9. The van der Waals surface area contributed by atoms with E-state index < -0.39 is 0 Å². The van der Waals surface area contributed by atoms with Crippen molar-refractivity contribution in [2.45, 2.75) is 13.5 Å². The van der Waals surface area contributed by atoms with Gasteiger partial charge >= 0.3 is 0 Å². The molecule has 1 fully saturated rings. The summed E-state index contributed by atoms with van der Waals surface area (Å²) in [5.74, 6) is 0.0879. The van der Waals surface area contributed by atoms with Crippen LogP contribution in [0.3, 0.4) is 0 Å². The molecule has 0 unspecified atom stereocenters. The summed E-state index contributed by atoms with van der Waals surface area (Å²) in [7, 11) is 0. The number of nitrogens with zero attached hydrogens (tertiary/aromatic N) is 3. The average molecular weight is 444 g/mol. The second kappa shape index (κ2) is 8.61. The van der Waals surface area contributed by atoms with Gasteiger partial charge in [0.15, 0.2) is 3.95 Å². The Morgan fingerprint density at radius 2 is 1.69 bits per heavy atom. The van der Waals surface area contributed by atoms with Gasteiger partial charge in [0, 0.05) is 31.6 Å². The van der Waals surface area contributed by atoms with Crippen molar-refractivity contribution in [3.63, 3.8) is 0 Å². The lowest BCUT2D eigenvalue weighted by atomic mass is 10.1. The van der Waals surface area contributed by atoms with Crippen LogP contribution in [0.1, 0.15) is 15.2 Å². The van der Waals surface area contributed by atoms with Crippen LogP contribution in [-0.2, 0) is 11.3 Å². The summed E-state index contributed by atoms with van der Waals surface area (Å²) in [5, 5.41) is 3.92. The van der Waals surface area contributed by atoms with Crippen LogP contribution in [-0.4, -0.2) is 52.4 Å². The number of benzene rings is 1. The molecule has 4 rings (SSSR count). The first-order chi connectivity index (χ1) is 14.0. The van der Waals surface area contributed by atoms with Crippen molar-refractivity contribution in [3.05, 3.63) is 61.6 Å². The standard InChI is InChI=1S/C21H21N3O2S3/c1-15-4-6-16(7-5-15)17-14-29-21(27)24(17)13-19(25)22-8-10-23(11-9-22)20(26)18-3-2-12-28-18/h2-7,12,14H,8-11,13H2,1H3. The normalized spacial score (nSPS) is 14.2. The number of thiophene rings is 1. The molecule has 0 aliphatic carbocycles. The highest BCUT2D eigenvalue weighted by atomic mass is 32.1. The number of carbonyl (C=O) groups is 2. The molecule has 0 spiro atoms. The Bertz CT molecular complexity index is 1060. The third kappa shape index (κ3) is 4.34. The number of carbonyl (C=O) groups excluding carboxylic acids is 2. The second-order valence-electron chi connectivity index (χ2n) is 6.99. The van der Waals surface area contributed by atoms with Gasteiger partial charge < -0.3 is 14.4 Å². The SMILES string of the molecule is Cc1ccc(-c2csc(=S)n2CC(=O)N2CCN(C(=O)c3cccs3)CC2)cc1. The van der Waals surface area contributed by atoms with E-state index in [-0.39, 0.29) is 18.4 Å². The van der Waals surface area contributed by atoms with Crippen molar-refractivity contribution in [1.29, 1.82) is 0 Å². The number of hydrogen-bond donors (Lipinski definition) is 0. The van der Waals surface area contributed by atoms with Gasteiger partial charge in [0.25, 0.3) is 5.91 Å². The van der Waals surface area contributed by atoms with Crippen molar-refractivity contribution in [2.75, 3.05) is 26.2 Å². The summed E-state index contributed by atoms with van der Waals surface area (Å²) in [4.78, 5) is 29.8. The molecule has 29 heavy (non-hydrogen) atoms. The van der Waals surface area contributed by atoms with Gasteiger partial charge in [-0.2, -0.15) is 0 Å². The monoisotopic (exact) mass is 443 g/mol. The number of amides is 2. The molecule has 1 saturated heterocycles. The predicted octanol–water partition coefficient (Wildman–Crippen LogP) is 4.30. The molecule has 3 heterocycles. The zero-order valence-electron chi connectivity index (χ0n) is 16.0. The Morgan fingerprint density at radius 1 is 1.00 bits per heavy atom. The molecule has 1 aliphatic heterocycles. The fraction of sp³-hybridized carbons (Fsp3) is 0.286. The fourth-order valence-electron chi connectivity index (χ4n) is 3.38. The van der Waals surface area contributed by atoms with Gasteiger partial charge in [-0.25, -0.2) is 0 Å². The van der Waals surface area contributed by atoms with E-state index in [1.54, 1.807) is 0 Å². The van der Waals surface area contributed by atoms with Gasteiger partial charge in [-0.15, -0.1) is 22.7 Å². The number of thiazole rings is 1. The van der Waals surface area contributed by atoms with E-state index in [9.17, 15) is 9.59 Å². The largest absolute Gasteiger partial charge is 0.338 e. The quantitative estimate of drug-likeness (QED) is 0.565. The van der Waals surface area contributed by atoms with E-state index in [2.05, 4.69) is 31.2 Å². The van der Waals surface area contributed by atoms with Crippen molar-refractivity contribution in [2.24, 2.45) is 0 Å². The molecule has 150 valence electrons. The van der Waals surface area contributed by atoms with Gasteiger partial charge in [-0.05, 0) is 36.2 Å². The van der Waals surface area contributed by atoms with Crippen LogP contribution in [0, 0.1) is 10.9 Å². The van der Waals surface area contributed by atoms with Gasteiger partial charge in [0.1, 0.15) is 6.54 Å². The van der Waals surface area contributed by atoms with Crippen LogP contribution in [0.5, 0.6) is 0 Å². The molecule has 0 bridgehead atoms. The highest BCUT2D eigenvalue weighted by molar-refractivity contribution is 7.73. The zero-order valence-corrected chi connectivity index (χ0v) is 18.5. The van der Waals surface area contributed by atoms with Crippen molar-refractivity contribution >= 4 is 46.7 Å². The fourth-order valence-corrected chi connectivity index (χ4v) is 5.14. The third-order valence-corrected chi connectivity index (χ3v) is 7.20. The molecule has 0 saturated carbocycles. The van der Waals surface area contributed by atoms with Crippen molar-refractivity contribution in [3.8, 4) is 11.3 Å². The highest BCUT2D eigenvalue weighted by Gasteiger charge is 2.25. The van der Waals surface area contributed by atoms with Crippen LogP contribution in [0.2, 0.25) is 0 Å². The van der Waals surface area contributed by atoms with E-state index in [0.717, 1.165) is 16.1 Å². The summed E-state index contributed by atoms with van der Waals surface area (Å²) >= 11 is 8.40. The highest BCUT2D eigenvalue weighted by Crippen LogP contribution is 2.25. The topological polar surface area (TPSA) is 45.6 Å². The van der Waals surface area contributed by atoms with Crippen LogP contribution in [0.4, 0.5) is 0 Å². The summed E-state index contributed by atoms with van der Waals surface area (Å²) in [5.41, 5.74) is 3.22. The first-order valence-electron chi connectivity index (χ1n) is 9.39. The minimum Gasteiger partial charge on any atom is -0.338 e. The molecule has 1 aliphatic rings. The molecule has 2 aromatic heterocycles. The molecule has 1 aromatic carbocycles. The minimum atomic E-state index is 0.0380. The molecule has 3 aromatic rings. The summed E-state index contributed by atoms with van der Waals surface area (Å²) in [6.07, 6.45) is 0. The number of piperazine rings is 1. The minimum absolute atomic E-state index is 0.0380. The van der Waals surface area contributed by atoms with Crippen molar-refractivity contribution < 1.29 is 9.59 Å². The molecule has 0 atom stereocenters. The Morgan fingerprint density at radius 3 is 2.34 bits per heavy atom. The van der Waals surface area contributed by atoms with E-state index >= 15 is 0 Å². The maximum Gasteiger partial charge on any atom is 0.264 e. The van der Waals surface area contributed by atoms with Crippen LogP contribution in [0.15, 0.2) is 47.2 Å². The lowest BCUT2D eigenvalue weighted by Crippen LogP contribution is -2.51.